The van der Waals surface area contributed by atoms with Gasteiger partial charge >= 0.3 is 5.97 Å². The van der Waals surface area contributed by atoms with Gasteiger partial charge < -0.3 is 15.0 Å². The van der Waals surface area contributed by atoms with E-state index in [1.807, 2.05) is 11.9 Å². The van der Waals surface area contributed by atoms with Gasteiger partial charge in [-0.15, -0.1) is 0 Å². The van der Waals surface area contributed by atoms with E-state index in [2.05, 4.69) is 10.3 Å². The van der Waals surface area contributed by atoms with Crippen LogP contribution in [0.15, 0.2) is 35.1 Å². The van der Waals surface area contributed by atoms with Crippen LogP contribution in [0.25, 0.3) is 10.9 Å². The van der Waals surface area contributed by atoms with Crippen LogP contribution in [-0.4, -0.2) is 54.5 Å². The molecule has 3 rings (SSSR count). The number of fused-ring (bicyclic) bond motifs is 1. The summed E-state index contributed by atoms with van der Waals surface area (Å²) in [4.78, 5) is 41.1. The largest absolute Gasteiger partial charge is 0.468 e. The Balaban J connectivity index is 1.76. The fraction of sp³-hybridized carbons (Fsp3) is 0.353. The third kappa shape index (κ3) is 3.03. The van der Waals surface area contributed by atoms with Gasteiger partial charge in [0.2, 0.25) is 0 Å². The lowest BCUT2D eigenvalue weighted by atomic mass is 10.1. The SMILES string of the molecule is COC(=O)[C@@H]1C[C@@H](NC(=O)c2cc(=O)c3ccccc3[nH]2)CN1C. The van der Waals surface area contributed by atoms with Crippen LogP contribution in [-0.2, 0) is 9.53 Å². The number of pyridine rings is 1. The first-order valence-corrected chi connectivity index (χ1v) is 7.70. The molecule has 2 atom stereocenters. The molecule has 1 aromatic carbocycles. The van der Waals surface area contributed by atoms with Crippen molar-refractivity contribution in [2.24, 2.45) is 0 Å². The Kier molecular flexibility index (Phi) is 4.35. The molecule has 1 fully saturated rings. The quantitative estimate of drug-likeness (QED) is 0.800. The highest BCUT2D eigenvalue weighted by Crippen LogP contribution is 2.17. The number of carbonyl (C=O) groups is 2. The van der Waals surface area contributed by atoms with Crippen molar-refractivity contribution in [3.63, 3.8) is 0 Å². The number of hydrogen-bond acceptors (Lipinski definition) is 5. The summed E-state index contributed by atoms with van der Waals surface area (Å²) in [5.41, 5.74) is 0.625. The highest BCUT2D eigenvalue weighted by atomic mass is 16.5. The van der Waals surface area contributed by atoms with E-state index >= 15 is 0 Å². The van der Waals surface area contributed by atoms with Gasteiger partial charge in [-0.2, -0.15) is 0 Å². The van der Waals surface area contributed by atoms with Gasteiger partial charge in [-0.1, -0.05) is 12.1 Å². The lowest BCUT2D eigenvalue weighted by Crippen LogP contribution is -2.37. The van der Waals surface area contributed by atoms with Crippen LogP contribution in [0.3, 0.4) is 0 Å². The van der Waals surface area contributed by atoms with Crippen LogP contribution in [0.2, 0.25) is 0 Å². The fourth-order valence-electron chi connectivity index (χ4n) is 3.10. The van der Waals surface area contributed by atoms with E-state index in [9.17, 15) is 14.4 Å². The molecule has 7 heteroatoms. The van der Waals surface area contributed by atoms with Gasteiger partial charge in [0.1, 0.15) is 11.7 Å². The van der Waals surface area contributed by atoms with Crippen LogP contribution in [0.5, 0.6) is 0 Å². The summed E-state index contributed by atoms with van der Waals surface area (Å²) in [5.74, 6) is -0.671. The van der Waals surface area contributed by atoms with E-state index in [0.29, 0.717) is 23.9 Å². The molecule has 1 aliphatic rings. The molecule has 1 aromatic heterocycles. The number of aromatic amines is 1. The smallest absolute Gasteiger partial charge is 0.323 e. The summed E-state index contributed by atoms with van der Waals surface area (Å²) in [6.45, 7) is 0.545. The molecule has 0 spiro atoms. The third-order valence-electron chi connectivity index (χ3n) is 4.34. The number of amides is 1. The number of methoxy groups -OCH3 is 1. The van der Waals surface area contributed by atoms with Crippen LogP contribution >= 0.6 is 0 Å². The lowest BCUT2D eigenvalue weighted by molar-refractivity contribution is -0.145. The topological polar surface area (TPSA) is 91.5 Å². The molecule has 0 unspecified atom stereocenters. The summed E-state index contributed by atoms with van der Waals surface area (Å²) in [6.07, 6.45) is 0.479. The van der Waals surface area contributed by atoms with Crippen LogP contribution < -0.4 is 10.7 Å². The van der Waals surface area contributed by atoms with E-state index in [4.69, 9.17) is 4.74 Å². The maximum atomic E-state index is 12.4. The predicted molar refractivity (Wildman–Crippen MR) is 88.9 cm³/mol. The minimum atomic E-state index is -0.365. The molecular formula is C17H19N3O4. The molecule has 126 valence electrons. The molecule has 0 radical (unpaired) electrons. The Bertz CT molecular complexity index is 845. The van der Waals surface area contributed by atoms with Gasteiger partial charge in [0, 0.05) is 29.6 Å². The molecule has 1 amide bonds. The van der Waals surface area contributed by atoms with E-state index in [0.717, 1.165) is 0 Å². The summed E-state index contributed by atoms with van der Waals surface area (Å²) < 4.78 is 4.77. The van der Waals surface area contributed by atoms with Gasteiger partial charge in [0.25, 0.3) is 5.91 Å². The van der Waals surface area contributed by atoms with Gasteiger partial charge in [-0.3, -0.25) is 19.3 Å². The minimum absolute atomic E-state index is 0.179. The highest BCUT2D eigenvalue weighted by molar-refractivity contribution is 5.95. The Morgan fingerprint density at radius 2 is 2.08 bits per heavy atom. The van der Waals surface area contributed by atoms with Crippen LogP contribution in [0.4, 0.5) is 0 Å². The zero-order valence-corrected chi connectivity index (χ0v) is 13.5. The Morgan fingerprint density at radius 3 is 2.83 bits per heavy atom. The van der Waals surface area contributed by atoms with Crippen molar-refractivity contribution in [2.75, 3.05) is 20.7 Å². The molecule has 2 aromatic rings. The van der Waals surface area contributed by atoms with Gasteiger partial charge in [-0.25, -0.2) is 0 Å². The second-order valence-electron chi connectivity index (χ2n) is 5.98. The summed E-state index contributed by atoms with van der Waals surface area (Å²) >= 11 is 0. The van der Waals surface area contributed by atoms with Crippen molar-refractivity contribution in [1.82, 2.24) is 15.2 Å². The van der Waals surface area contributed by atoms with Crippen molar-refractivity contribution in [1.29, 1.82) is 0 Å². The Morgan fingerprint density at radius 1 is 1.33 bits per heavy atom. The number of carbonyl (C=O) groups excluding carboxylic acids is 2. The monoisotopic (exact) mass is 329 g/mol. The summed E-state index contributed by atoms with van der Waals surface area (Å²) in [5, 5.41) is 3.41. The maximum absolute atomic E-state index is 12.4. The molecular weight excluding hydrogens is 310 g/mol. The standard InChI is InChI=1S/C17H19N3O4/c1-20-9-10(7-14(20)17(23)24-2)18-16(22)13-8-15(21)11-5-3-4-6-12(11)19-13/h3-6,8,10,14H,7,9H2,1-2H3,(H,18,22)(H,19,21)/t10-,14+/m1/s1. The number of nitrogens with one attached hydrogen (secondary N) is 2. The van der Waals surface area contributed by atoms with Crippen molar-refractivity contribution in [3.8, 4) is 0 Å². The zero-order valence-electron chi connectivity index (χ0n) is 13.5. The summed E-state index contributed by atoms with van der Waals surface area (Å²) in [7, 11) is 3.16. The number of nitrogens with zero attached hydrogens (tertiary/aromatic N) is 1. The number of H-pyrrole nitrogens is 1. The van der Waals surface area contributed by atoms with E-state index in [1.165, 1.54) is 13.2 Å². The number of likely N-dealkylation sites (tertiary alicyclic amines) is 1. The number of ether oxygens (including phenoxy) is 1. The molecule has 2 heterocycles. The molecule has 24 heavy (non-hydrogen) atoms. The molecule has 1 aliphatic heterocycles. The number of hydrogen-bond donors (Lipinski definition) is 2. The first kappa shape index (κ1) is 16.2. The maximum Gasteiger partial charge on any atom is 0.323 e. The highest BCUT2D eigenvalue weighted by Gasteiger charge is 2.36. The first-order chi connectivity index (χ1) is 11.5. The second-order valence-corrected chi connectivity index (χ2v) is 5.98. The number of esters is 1. The van der Waals surface area contributed by atoms with E-state index in [-0.39, 0.29) is 35.1 Å². The zero-order chi connectivity index (χ0) is 17.3. The van der Waals surface area contributed by atoms with Crippen molar-refractivity contribution < 1.29 is 14.3 Å². The molecule has 0 aliphatic carbocycles. The average molecular weight is 329 g/mol. The minimum Gasteiger partial charge on any atom is -0.468 e. The van der Waals surface area contributed by atoms with Gasteiger partial charge in [0.05, 0.1) is 7.11 Å². The molecule has 1 saturated heterocycles. The normalized spacial score (nSPS) is 20.9. The fourth-order valence-corrected chi connectivity index (χ4v) is 3.10. The van der Waals surface area contributed by atoms with Crippen molar-refractivity contribution in [3.05, 3.63) is 46.2 Å². The van der Waals surface area contributed by atoms with Gasteiger partial charge in [0.15, 0.2) is 5.43 Å². The number of benzene rings is 1. The van der Waals surface area contributed by atoms with E-state index < -0.39 is 0 Å². The predicted octanol–water partition coefficient (Wildman–Crippen LogP) is 0.504. The number of likely N-dealkylation sites (N-methyl/N-ethyl adjacent to an activating group) is 1. The molecule has 2 N–H and O–H groups in total. The van der Waals surface area contributed by atoms with Crippen molar-refractivity contribution >= 4 is 22.8 Å². The average Bonchev–Trinajstić information content (AvgIpc) is 2.94. The second kappa shape index (κ2) is 6.45. The number of rotatable bonds is 3. The third-order valence-corrected chi connectivity index (χ3v) is 4.34. The van der Waals surface area contributed by atoms with E-state index in [1.54, 1.807) is 24.3 Å². The lowest BCUT2D eigenvalue weighted by Gasteiger charge is -2.15. The van der Waals surface area contributed by atoms with Crippen LogP contribution in [0, 0.1) is 0 Å². The Labute approximate surface area is 138 Å². The molecule has 0 bridgehead atoms. The first-order valence-electron chi connectivity index (χ1n) is 7.70. The Hall–Kier alpha value is -2.67. The van der Waals surface area contributed by atoms with Gasteiger partial charge in [-0.05, 0) is 25.6 Å². The summed E-state index contributed by atoms with van der Waals surface area (Å²) in [6, 6.07) is 7.80. The molecule has 0 saturated carbocycles. The number of aromatic nitrogens is 1. The number of para-hydroxylation sites is 1. The van der Waals surface area contributed by atoms with Crippen LogP contribution in [0.1, 0.15) is 16.9 Å². The van der Waals surface area contributed by atoms with Crippen molar-refractivity contribution in [2.45, 2.75) is 18.5 Å². The molecule has 7 nitrogen and oxygen atoms in total.